The molecule has 1 fully saturated rings. The Hall–Kier alpha value is -0.300. The number of hydrogen-bond acceptors (Lipinski definition) is 1. The van der Waals surface area contributed by atoms with E-state index in [1.54, 1.807) is 0 Å². The molecule has 0 amide bonds. The minimum absolute atomic E-state index is 0.421. The molecule has 1 saturated carbocycles. The van der Waals surface area contributed by atoms with Crippen molar-refractivity contribution in [3.8, 4) is 0 Å². The van der Waals surface area contributed by atoms with E-state index >= 15 is 0 Å². The first-order valence-corrected chi connectivity index (χ1v) is 6.68. The molecule has 0 bridgehead atoms. The lowest BCUT2D eigenvalue weighted by atomic mass is 9.74. The van der Waals surface area contributed by atoms with Crippen LogP contribution in [0.4, 0.5) is 0 Å². The normalized spacial score (nSPS) is 46.4. The van der Waals surface area contributed by atoms with Crippen LogP contribution in [-0.2, 0) is 0 Å². The third-order valence-electron chi connectivity index (χ3n) is 4.68. The van der Waals surface area contributed by atoms with Crippen molar-refractivity contribution in [3.63, 3.8) is 0 Å². The van der Waals surface area contributed by atoms with E-state index in [9.17, 15) is 5.11 Å². The van der Waals surface area contributed by atoms with Crippen molar-refractivity contribution in [2.24, 2.45) is 17.3 Å². The van der Waals surface area contributed by atoms with E-state index in [0.29, 0.717) is 17.3 Å². The maximum absolute atomic E-state index is 10.6. The van der Waals surface area contributed by atoms with Crippen LogP contribution in [0.5, 0.6) is 0 Å². The minimum Gasteiger partial charge on any atom is -0.390 e. The van der Waals surface area contributed by atoms with E-state index in [2.05, 4.69) is 33.8 Å². The Balaban J connectivity index is 2.26. The molecule has 0 aliphatic heterocycles. The summed E-state index contributed by atoms with van der Waals surface area (Å²) in [6.45, 7) is 9.02. The SMILES string of the molecule is C/C1=C/CC[C@](C)(O)C2CC(C)(C)C[C@@H]2C1. The lowest BCUT2D eigenvalue weighted by molar-refractivity contribution is -0.0271. The van der Waals surface area contributed by atoms with Crippen molar-refractivity contribution in [3.05, 3.63) is 11.6 Å². The van der Waals surface area contributed by atoms with Gasteiger partial charge in [0, 0.05) is 0 Å². The van der Waals surface area contributed by atoms with Gasteiger partial charge in [-0.15, -0.1) is 0 Å². The number of rotatable bonds is 0. The standard InChI is InChI=1S/C15H26O/c1-11-6-5-7-15(4,16)13-10-14(2,3)9-12(13)8-11/h6,12-13,16H,5,7-10H2,1-4H3/b11-6-/t12-,13?,15-/m0/s1. The summed E-state index contributed by atoms with van der Waals surface area (Å²) in [5.74, 6) is 1.20. The van der Waals surface area contributed by atoms with Gasteiger partial charge in [0.15, 0.2) is 0 Å². The average Bonchev–Trinajstić information content (AvgIpc) is 2.39. The molecule has 3 atom stereocenters. The van der Waals surface area contributed by atoms with E-state index in [1.807, 2.05) is 0 Å². The van der Waals surface area contributed by atoms with Crippen molar-refractivity contribution in [2.75, 3.05) is 0 Å². The van der Waals surface area contributed by atoms with Crippen LogP contribution in [0.2, 0.25) is 0 Å². The molecule has 0 aromatic heterocycles. The molecule has 16 heavy (non-hydrogen) atoms. The largest absolute Gasteiger partial charge is 0.390 e. The molecule has 1 nitrogen and oxygen atoms in total. The van der Waals surface area contributed by atoms with E-state index in [4.69, 9.17) is 0 Å². The first-order valence-electron chi connectivity index (χ1n) is 6.68. The Kier molecular flexibility index (Phi) is 2.94. The van der Waals surface area contributed by atoms with Crippen molar-refractivity contribution in [1.82, 2.24) is 0 Å². The molecule has 0 aromatic rings. The van der Waals surface area contributed by atoms with Gasteiger partial charge in [0.2, 0.25) is 0 Å². The Labute approximate surface area is 99.9 Å². The highest BCUT2D eigenvalue weighted by molar-refractivity contribution is 5.08. The van der Waals surface area contributed by atoms with Crippen LogP contribution in [-0.4, -0.2) is 10.7 Å². The Bertz CT molecular complexity index is 299. The number of aliphatic hydroxyl groups is 1. The minimum atomic E-state index is -0.449. The monoisotopic (exact) mass is 222 g/mol. The fourth-order valence-corrected chi connectivity index (χ4v) is 3.93. The quantitative estimate of drug-likeness (QED) is 0.616. The molecule has 2 aliphatic carbocycles. The summed E-state index contributed by atoms with van der Waals surface area (Å²) in [7, 11) is 0. The van der Waals surface area contributed by atoms with Crippen LogP contribution >= 0.6 is 0 Å². The van der Waals surface area contributed by atoms with Gasteiger partial charge in [0.25, 0.3) is 0 Å². The van der Waals surface area contributed by atoms with Crippen LogP contribution in [0.3, 0.4) is 0 Å². The Morgan fingerprint density at radius 1 is 1.25 bits per heavy atom. The summed E-state index contributed by atoms with van der Waals surface area (Å²) < 4.78 is 0. The van der Waals surface area contributed by atoms with Crippen LogP contribution in [0.1, 0.15) is 59.8 Å². The van der Waals surface area contributed by atoms with Crippen molar-refractivity contribution >= 4 is 0 Å². The van der Waals surface area contributed by atoms with E-state index in [0.717, 1.165) is 12.8 Å². The van der Waals surface area contributed by atoms with Gasteiger partial charge in [-0.3, -0.25) is 0 Å². The van der Waals surface area contributed by atoms with Gasteiger partial charge in [-0.2, -0.15) is 0 Å². The van der Waals surface area contributed by atoms with E-state index in [-0.39, 0.29) is 0 Å². The molecular formula is C15H26O. The van der Waals surface area contributed by atoms with Crippen LogP contribution in [0.25, 0.3) is 0 Å². The van der Waals surface area contributed by atoms with Crippen molar-refractivity contribution in [2.45, 2.75) is 65.4 Å². The zero-order valence-electron chi connectivity index (χ0n) is 11.2. The third kappa shape index (κ3) is 2.34. The summed E-state index contributed by atoms with van der Waals surface area (Å²) in [6, 6.07) is 0. The number of hydrogen-bond donors (Lipinski definition) is 1. The lowest BCUT2D eigenvalue weighted by Crippen LogP contribution is -2.37. The lowest BCUT2D eigenvalue weighted by Gasteiger charge is -2.36. The molecule has 0 radical (unpaired) electrons. The van der Waals surface area contributed by atoms with Crippen LogP contribution in [0, 0.1) is 17.3 Å². The fourth-order valence-electron chi connectivity index (χ4n) is 3.93. The summed E-state index contributed by atoms with van der Waals surface area (Å²) in [5, 5.41) is 10.6. The molecule has 1 unspecified atom stereocenters. The molecule has 2 rings (SSSR count). The van der Waals surface area contributed by atoms with Crippen molar-refractivity contribution in [1.29, 1.82) is 0 Å². The van der Waals surface area contributed by atoms with Gasteiger partial charge in [-0.1, -0.05) is 25.5 Å². The zero-order valence-corrected chi connectivity index (χ0v) is 11.2. The zero-order chi connectivity index (χ0) is 12.0. The number of allylic oxidation sites excluding steroid dienone is 2. The molecule has 1 N–H and O–H groups in total. The second-order valence-corrected chi connectivity index (χ2v) is 7.09. The maximum atomic E-state index is 10.6. The summed E-state index contributed by atoms with van der Waals surface area (Å²) >= 11 is 0. The highest BCUT2D eigenvalue weighted by atomic mass is 16.3. The first kappa shape index (κ1) is 12.2. The van der Waals surface area contributed by atoms with Gasteiger partial charge < -0.3 is 5.11 Å². The summed E-state index contributed by atoms with van der Waals surface area (Å²) in [6.07, 6.45) is 7.97. The Morgan fingerprint density at radius 3 is 2.62 bits per heavy atom. The fraction of sp³-hybridized carbons (Fsp3) is 0.867. The van der Waals surface area contributed by atoms with E-state index < -0.39 is 5.60 Å². The highest BCUT2D eigenvalue weighted by Crippen LogP contribution is 2.52. The highest BCUT2D eigenvalue weighted by Gasteiger charge is 2.47. The van der Waals surface area contributed by atoms with Gasteiger partial charge >= 0.3 is 0 Å². The molecule has 0 aromatic carbocycles. The third-order valence-corrected chi connectivity index (χ3v) is 4.68. The molecule has 0 spiro atoms. The number of fused-ring (bicyclic) bond motifs is 1. The molecule has 0 saturated heterocycles. The van der Waals surface area contributed by atoms with Gasteiger partial charge in [0.1, 0.15) is 0 Å². The van der Waals surface area contributed by atoms with Gasteiger partial charge in [0.05, 0.1) is 5.60 Å². The topological polar surface area (TPSA) is 20.2 Å². The molecule has 0 heterocycles. The molecule has 92 valence electrons. The molecule has 1 heteroatoms. The average molecular weight is 222 g/mol. The second kappa shape index (κ2) is 3.87. The maximum Gasteiger partial charge on any atom is 0.0653 e. The van der Waals surface area contributed by atoms with Crippen LogP contribution < -0.4 is 0 Å². The van der Waals surface area contributed by atoms with Crippen LogP contribution in [0.15, 0.2) is 11.6 Å². The Morgan fingerprint density at radius 2 is 1.94 bits per heavy atom. The smallest absolute Gasteiger partial charge is 0.0653 e. The van der Waals surface area contributed by atoms with E-state index in [1.165, 1.54) is 24.8 Å². The second-order valence-electron chi connectivity index (χ2n) is 7.09. The molecule has 2 aliphatic rings. The van der Waals surface area contributed by atoms with Gasteiger partial charge in [-0.05, 0) is 63.2 Å². The summed E-state index contributed by atoms with van der Waals surface area (Å²) in [5.41, 5.74) is 1.50. The predicted octanol–water partition coefficient (Wildman–Crippen LogP) is 3.92. The van der Waals surface area contributed by atoms with Gasteiger partial charge in [-0.25, -0.2) is 0 Å². The first-order chi connectivity index (χ1) is 7.30. The van der Waals surface area contributed by atoms with Crippen molar-refractivity contribution < 1.29 is 5.11 Å². The molecular weight excluding hydrogens is 196 g/mol. The summed E-state index contributed by atoms with van der Waals surface area (Å²) in [4.78, 5) is 0. The predicted molar refractivity (Wildman–Crippen MR) is 68.2 cm³/mol.